The zero-order chi connectivity index (χ0) is 18.1. The predicted molar refractivity (Wildman–Crippen MR) is 101 cm³/mol. The van der Waals surface area contributed by atoms with Crippen molar-refractivity contribution in [1.82, 2.24) is 25.2 Å². The maximum absolute atomic E-state index is 12.4. The van der Waals surface area contributed by atoms with Crippen molar-refractivity contribution in [2.75, 3.05) is 5.32 Å². The summed E-state index contributed by atoms with van der Waals surface area (Å²) in [5, 5.41) is 14.6. The van der Waals surface area contributed by atoms with E-state index in [1.54, 1.807) is 4.68 Å². The Labute approximate surface area is 153 Å². The molecular formula is C18H16N6OS. The molecule has 0 aliphatic rings. The second-order valence-electron chi connectivity index (χ2n) is 6.04. The number of hydrogen-bond donors (Lipinski definition) is 1. The van der Waals surface area contributed by atoms with E-state index in [1.165, 1.54) is 23.2 Å². The minimum Gasteiger partial charge on any atom is -0.302 e. The zero-order valence-electron chi connectivity index (χ0n) is 14.3. The lowest BCUT2D eigenvalue weighted by atomic mass is 10.1. The fraction of sp³-hybridized carbons (Fsp3) is 0.167. The molecule has 0 bridgehead atoms. The van der Waals surface area contributed by atoms with Gasteiger partial charge in [-0.05, 0) is 53.1 Å². The Morgan fingerprint density at radius 3 is 2.58 bits per heavy atom. The lowest BCUT2D eigenvalue weighted by Crippen LogP contribution is -2.14. The molecule has 2 heterocycles. The zero-order valence-corrected chi connectivity index (χ0v) is 15.1. The summed E-state index contributed by atoms with van der Waals surface area (Å²) in [5.41, 5.74) is 4.99. The van der Waals surface area contributed by atoms with Crippen molar-refractivity contribution in [3.05, 3.63) is 59.4 Å². The number of hydrogen-bond acceptors (Lipinski definition) is 6. The number of amides is 1. The first kappa shape index (κ1) is 16.3. The molecule has 0 atom stereocenters. The smallest absolute Gasteiger partial charge is 0.230 e. The van der Waals surface area contributed by atoms with E-state index in [0.717, 1.165) is 27.0 Å². The van der Waals surface area contributed by atoms with Crippen LogP contribution < -0.4 is 5.32 Å². The molecule has 2 aromatic heterocycles. The molecule has 0 aliphatic heterocycles. The molecule has 0 spiro atoms. The summed E-state index contributed by atoms with van der Waals surface area (Å²) in [6.45, 7) is 4.08. The van der Waals surface area contributed by atoms with Gasteiger partial charge >= 0.3 is 0 Å². The van der Waals surface area contributed by atoms with Gasteiger partial charge in [-0.25, -0.2) is 9.67 Å². The number of carbonyl (C=O) groups is 1. The van der Waals surface area contributed by atoms with Crippen molar-refractivity contribution < 1.29 is 4.79 Å². The van der Waals surface area contributed by atoms with Gasteiger partial charge in [0.2, 0.25) is 5.91 Å². The molecule has 0 aliphatic carbocycles. The standard InChI is InChI=1S/C18H16N6OS/c1-11-3-4-12(2)17-16(11)21-18(26-17)20-15(25)9-13-5-7-14(8-6-13)24-10-19-22-23-24/h3-8,10H,9H2,1-2H3,(H,20,21,25). The SMILES string of the molecule is Cc1ccc(C)c2sc(NC(=O)Cc3ccc(-n4cnnn4)cc3)nc12. The third-order valence-corrected chi connectivity index (χ3v) is 5.21. The summed E-state index contributed by atoms with van der Waals surface area (Å²) < 4.78 is 2.68. The van der Waals surface area contributed by atoms with Gasteiger partial charge in [-0.15, -0.1) is 5.10 Å². The number of tetrazole rings is 1. The van der Waals surface area contributed by atoms with E-state index in [9.17, 15) is 4.79 Å². The lowest BCUT2D eigenvalue weighted by Gasteiger charge is -2.04. The van der Waals surface area contributed by atoms with E-state index in [-0.39, 0.29) is 12.3 Å². The fourth-order valence-electron chi connectivity index (χ4n) is 2.71. The van der Waals surface area contributed by atoms with Crippen LogP contribution in [0.2, 0.25) is 0 Å². The third kappa shape index (κ3) is 3.18. The summed E-state index contributed by atoms with van der Waals surface area (Å²) >= 11 is 1.51. The van der Waals surface area contributed by atoms with Crippen molar-refractivity contribution in [3.63, 3.8) is 0 Å². The number of nitrogens with zero attached hydrogens (tertiary/aromatic N) is 5. The Morgan fingerprint density at radius 2 is 1.88 bits per heavy atom. The van der Waals surface area contributed by atoms with Crippen LogP contribution in [0, 0.1) is 13.8 Å². The van der Waals surface area contributed by atoms with Gasteiger partial charge in [0, 0.05) is 0 Å². The Morgan fingerprint density at radius 1 is 1.12 bits per heavy atom. The highest BCUT2D eigenvalue weighted by molar-refractivity contribution is 7.22. The van der Waals surface area contributed by atoms with Gasteiger partial charge in [-0.3, -0.25) is 4.79 Å². The minimum absolute atomic E-state index is 0.0884. The molecule has 1 N–H and O–H groups in total. The molecule has 0 saturated carbocycles. The van der Waals surface area contributed by atoms with E-state index in [0.29, 0.717) is 5.13 Å². The molecule has 130 valence electrons. The largest absolute Gasteiger partial charge is 0.302 e. The van der Waals surface area contributed by atoms with E-state index in [1.807, 2.05) is 31.2 Å². The van der Waals surface area contributed by atoms with Crippen LogP contribution in [0.5, 0.6) is 0 Å². The number of carbonyl (C=O) groups excluding carboxylic acids is 1. The van der Waals surface area contributed by atoms with E-state index < -0.39 is 0 Å². The first-order valence-electron chi connectivity index (χ1n) is 8.09. The molecule has 0 unspecified atom stereocenters. The Kier molecular flexibility index (Phi) is 4.18. The molecule has 0 saturated heterocycles. The van der Waals surface area contributed by atoms with Crippen LogP contribution in [0.4, 0.5) is 5.13 Å². The normalized spacial score (nSPS) is 11.0. The first-order valence-corrected chi connectivity index (χ1v) is 8.91. The average molecular weight is 364 g/mol. The monoisotopic (exact) mass is 364 g/mol. The maximum atomic E-state index is 12.4. The number of benzene rings is 2. The van der Waals surface area contributed by atoms with Crippen molar-refractivity contribution in [2.45, 2.75) is 20.3 Å². The van der Waals surface area contributed by atoms with Gasteiger partial charge in [0.1, 0.15) is 6.33 Å². The van der Waals surface area contributed by atoms with Gasteiger partial charge < -0.3 is 5.32 Å². The van der Waals surface area contributed by atoms with Gasteiger partial charge in [0.25, 0.3) is 0 Å². The second-order valence-corrected chi connectivity index (χ2v) is 7.04. The molecule has 4 aromatic rings. The quantitative estimate of drug-likeness (QED) is 0.601. The highest BCUT2D eigenvalue weighted by atomic mass is 32.1. The second kappa shape index (κ2) is 6.64. The van der Waals surface area contributed by atoms with Gasteiger partial charge in [-0.1, -0.05) is 35.6 Å². The molecule has 7 nitrogen and oxygen atoms in total. The first-order chi connectivity index (χ1) is 12.6. The van der Waals surface area contributed by atoms with Gasteiger partial charge in [0.15, 0.2) is 5.13 Å². The van der Waals surface area contributed by atoms with E-state index in [2.05, 4.69) is 44.9 Å². The number of aryl methyl sites for hydroxylation is 2. The van der Waals surface area contributed by atoms with Gasteiger partial charge in [-0.2, -0.15) is 0 Å². The van der Waals surface area contributed by atoms with Crippen LogP contribution in [0.3, 0.4) is 0 Å². The van der Waals surface area contributed by atoms with Crippen LogP contribution >= 0.6 is 11.3 Å². The van der Waals surface area contributed by atoms with Crippen molar-refractivity contribution in [3.8, 4) is 5.69 Å². The van der Waals surface area contributed by atoms with Crippen LogP contribution in [0.15, 0.2) is 42.7 Å². The summed E-state index contributed by atoms with van der Waals surface area (Å²) in [6, 6.07) is 11.7. The summed E-state index contributed by atoms with van der Waals surface area (Å²) in [7, 11) is 0. The molecule has 4 rings (SSSR count). The number of anilines is 1. The Balaban J connectivity index is 1.47. The average Bonchev–Trinajstić information content (AvgIpc) is 3.29. The third-order valence-electron chi connectivity index (χ3n) is 4.10. The summed E-state index contributed by atoms with van der Waals surface area (Å²) in [5.74, 6) is -0.0884. The number of rotatable bonds is 4. The topological polar surface area (TPSA) is 85.6 Å². The lowest BCUT2D eigenvalue weighted by molar-refractivity contribution is -0.115. The summed E-state index contributed by atoms with van der Waals surface area (Å²) in [6.07, 6.45) is 1.81. The van der Waals surface area contributed by atoms with Crippen molar-refractivity contribution in [2.24, 2.45) is 0 Å². The fourth-order valence-corrected chi connectivity index (χ4v) is 3.74. The molecule has 8 heteroatoms. The van der Waals surface area contributed by atoms with Crippen molar-refractivity contribution in [1.29, 1.82) is 0 Å². The highest BCUT2D eigenvalue weighted by Gasteiger charge is 2.11. The van der Waals surface area contributed by atoms with Crippen LogP contribution in [0.1, 0.15) is 16.7 Å². The van der Waals surface area contributed by atoms with Crippen LogP contribution in [-0.4, -0.2) is 31.1 Å². The molecule has 2 aromatic carbocycles. The minimum atomic E-state index is -0.0884. The molecular weight excluding hydrogens is 348 g/mol. The predicted octanol–water partition coefficient (Wildman–Crippen LogP) is 3.07. The van der Waals surface area contributed by atoms with E-state index in [4.69, 9.17) is 0 Å². The maximum Gasteiger partial charge on any atom is 0.230 e. The van der Waals surface area contributed by atoms with Gasteiger partial charge in [0.05, 0.1) is 22.3 Å². The number of aromatic nitrogens is 5. The number of thiazole rings is 1. The number of fused-ring (bicyclic) bond motifs is 1. The Hall–Kier alpha value is -3.13. The number of nitrogens with one attached hydrogen (secondary N) is 1. The van der Waals surface area contributed by atoms with E-state index >= 15 is 0 Å². The molecule has 0 radical (unpaired) electrons. The summed E-state index contributed by atoms with van der Waals surface area (Å²) in [4.78, 5) is 16.9. The molecule has 26 heavy (non-hydrogen) atoms. The van der Waals surface area contributed by atoms with Crippen molar-refractivity contribution >= 4 is 32.6 Å². The highest BCUT2D eigenvalue weighted by Crippen LogP contribution is 2.30. The molecule has 1 amide bonds. The van der Waals surface area contributed by atoms with Crippen LogP contribution in [0.25, 0.3) is 15.9 Å². The van der Waals surface area contributed by atoms with Crippen LogP contribution in [-0.2, 0) is 11.2 Å². The Bertz CT molecular complexity index is 1030. The molecule has 0 fully saturated rings.